The molecule has 1 aromatic rings. The topological polar surface area (TPSA) is 21.3 Å². The van der Waals surface area contributed by atoms with E-state index >= 15 is 0 Å². The summed E-state index contributed by atoms with van der Waals surface area (Å²) in [4.78, 5) is 0. The van der Waals surface area contributed by atoms with Crippen LogP contribution in [0.25, 0.3) is 0 Å². The van der Waals surface area contributed by atoms with E-state index in [4.69, 9.17) is 4.74 Å². The van der Waals surface area contributed by atoms with Crippen molar-refractivity contribution in [1.82, 2.24) is 5.32 Å². The quantitative estimate of drug-likeness (QED) is 0.754. The fourth-order valence-electron chi connectivity index (χ4n) is 1.69. The third-order valence-electron chi connectivity index (χ3n) is 2.88. The summed E-state index contributed by atoms with van der Waals surface area (Å²) in [5, 5.41) is 4.20. The Labute approximate surface area is 109 Å². The highest BCUT2D eigenvalue weighted by Crippen LogP contribution is 2.19. The van der Waals surface area contributed by atoms with E-state index in [1.165, 1.54) is 17.5 Å². The van der Waals surface area contributed by atoms with Gasteiger partial charge in [-0.25, -0.2) is 0 Å². The molecule has 1 aromatic carbocycles. The molecule has 1 rings (SSSR count). The van der Waals surface area contributed by atoms with Gasteiger partial charge in [0, 0.05) is 17.4 Å². The highest BCUT2D eigenvalue weighted by Gasteiger charge is 2.03. The third-order valence-corrected chi connectivity index (χ3v) is 3.92. The molecule has 1 unspecified atom stereocenters. The number of nitrogens with one attached hydrogen (secondary N) is 1. The molecule has 1 atom stereocenters. The second kappa shape index (κ2) is 7.62. The van der Waals surface area contributed by atoms with Gasteiger partial charge in [-0.05, 0) is 32.2 Å². The minimum Gasteiger partial charge on any atom is -0.496 e. The second-order valence-corrected chi connectivity index (χ2v) is 5.60. The van der Waals surface area contributed by atoms with Crippen LogP contribution >= 0.6 is 11.8 Å². The van der Waals surface area contributed by atoms with Gasteiger partial charge in [0.15, 0.2) is 0 Å². The first kappa shape index (κ1) is 14.4. The van der Waals surface area contributed by atoms with Crippen LogP contribution in [-0.2, 0) is 6.54 Å². The van der Waals surface area contributed by atoms with Crippen molar-refractivity contribution in [2.75, 3.05) is 19.9 Å². The van der Waals surface area contributed by atoms with Gasteiger partial charge in [0.2, 0.25) is 0 Å². The number of rotatable bonds is 7. The summed E-state index contributed by atoms with van der Waals surface area (Å²) in [6.07, 6.45) is 3.36. The molecule has 0 amide bonds. The van der Waals surface area contributed by atoms with E-state index in [2.05, 4.69) is 37.6 Å². The molecule has 1 N–H and O–H groups in total. The van der Waals surface area contributed by atoms with Gasteiger partial charge in [-0.1, -0.05) is 24.6 Å². The molecule has 3 heteroatoms. The Morgan fingerprint density at radius 1 is 1.41 bits per heavy atom. The molecule has 0 aliphatic heterocycles. The number of hydrogen-bond donors (Lipinski definition) is 1. The van der Waals surface area contributed by atoms with Crippen LogP contribution in [0.3, 0.4) is 0 Å². The van der Waals surface area contributed by atoms with Crippen molar-refractivity contribution in [2.24, 2.45) is 0 Å². The number of aryl methyl sites for hydroxylation is 1. The van der Waals surface area contributed by atoms with Gasteiger partial charge in [0.1, 0.15) is 5.75 Å². The fraction of sp³-hybridized carbons (Fsp3) is 0.571. The summed E-state index contributed by atoms with van der Waals surface area (Å²) in [6, 6.07) is 6.30. The normalized spacial score (nSPS) is 12.5. The van der Waals surface area contributed by atoms with Gasteiger partial charge in [0.05, 0.1) is 7.11 Å². The zero-order valence-electron chi connectivity index (χ0n) is 11.2. The number of thioether (sulfide) groups is 1. The molecule has 0 aliphatic carbocycles. The Bertz CT molecular complexity index is 341. The fourth-order valence-corrected chi connectivity index (χ4v) is 2.05. The lowest BCUT2D eigenvalue weighted by atomic mass is 10.1. The molecule has 0 aromatic heterocycles. The lowest BCUT2D eigenvalue weighted by Gasteiger charge is -2.12. The van der Waals surface area contributed by atoms with Crippen LogP contribution in [0.4, 0.5) is 0 Å². The van der Waals surface area contributed by atoms with E-state index in [-0.39, 0.29) is 0 Å². The molecule has 2 nitrogen and oxygen atoms in total. The zero-order chi connectivity index (χ0) is 12.7. The Kier molecular flexibility index (Phi) is 6.45. The Hall–Kier alpha value is -0.670. The van der Waals surface area contributed by atoms with Crippen molar-refractivity contribution in [3.05, 3.63) is 29.3 Å². The summed E-state index contributed by atoms with van der Waals surface area (Å²) < 4.78 is 5.36. The van der Waals surface area contributed by atoms with Gasteiger partial charge in [-0.3, -0.25) is 0 Å². The lowest BCUT2D eigenvalue weighted by molar-refractivity contribution is 0.407. The molecule has 0 spiro atoms. The van der Waals surface area contributed by atoms with E-state index < -0.39 is 0 Å². The third kappa shape index (κ3) is 5.00. The first-order valence-electron chi connectivity index (χ1n) is 6.04. The average Bonchev–Trinajstić information content (AvgIpc) is 2.34. The molecule has 96 valence electrons. The monoisotopic (exact) mass is 253 g/mol. The van der Waals surface area contributed by atoms with Crippen molar-refractivity contribution in [1.29, 1.82) is 0 Å². The van der Waals surface area contributed by atoms with Crippen LogP contribution in [0.2, 0.25) is 0 Å². The van der Waals surface area contributed by atoms with Crippen molar-refractivity contribution in [2.45, 2.75) is 32.1 Å². The molecule has 17 heavy (non-hydrogen) atoms. The molecule has 0 fully saturated rings. The van der Waals surface area contributed by atoms with E-state index in [1.54, 1.807) is 7.11 Å². The summed E-state index contributed by atoms with van der Waals surface area (Å²) in [5.74, 6) is 0.973. The highest BCUT2D eigenvalue weighted by atomic mass is 32.2. The lowest BCUT2D eigenvalue weighted by Crippen LogP contribution is -2.18. The molecule has 0 saturated carbocycles. The number of methoxy groups -OCH3 is 1. The maximum atomic E-state index is 5.36. The molecule has 0 bridgehead atoms. The molecule has 0 aliphatic rings. The van der Waals surface area contributed by atoms with Crippen LogP contribution in [0.1, 0.15) is 24.5 Å². The van der Waals surface area contributed by atoms with Crippen molar-refractivity contribution >= 4 is 11.8 Å². The summed E-state index contributed by atoms with van der Waals surface area (Å²) in [7, 11) is 1.73. The first-order chi connectivity index (χ1) is 8.17. The summed E-state index contributed by atoms with van der Waals surface area (Å²) in [6.45, 7) is 6.31. The molecular weight excluding hydrogens is 230 g/mol. The molecular formula is C14H23NOS. The number of benzene rings is 1. The van der Waals surface area contributed by atoms with Crippen LogP contribution in [0.15, 0.2) is 18.2 Å². The highest BCUT2D eigenvalue weighted by molar-refractivity contribution is 7.99. The number of ether oxygens (including phenoxy) is 1. The predicted octanol–water partition coefficient (Wildman–Crippen LogP) is 3.23. The van der Waals surface area contributed by atoms with E-state index in [1.807, 2.05) is 17.8 Å². The Balaban J connectivity index is 2.42. The second-order valence-electron chi connectivity index (χ2n) is 4.33. The van der Waals surface area contributed by atoms with Crippen LogP contribution in [0.5, 0.6) is 5.75 Å². The van der Waals surface area contributed by atoms with Crippen molar-refractivity contribution < 1.29 is 4.74 Å². The van der Waals surface area contributed by atoms with Gasteiger partial charge < -0.3 is 10.1 Å². The van der Waals surface area contributed by atoms with Crippen molar-refractivity contribution in [3.63, 3.8) is 0 Å². The zero-order valence-corrected chi connectivity index (χ0v) is 12.1. The minimum atomic E-state index is 0.724. The first-order valence-corrected chi connectivity index (χ1v) is 7.33. The maximum absolute atomic E-state index is 5.36. The molecule has 0 heterocycles. The van der Waals surface area contributed by atoms with Crippen LogP contribution in [0, 0.1) is 6.92 Å². The van der Waals surface area contributed by atoms with Crippen LogP contribution in [-0.4, -0.2) is 25.2 Å². The standard InChI is InChI=1S/C14H23NOS/c1-11-5-6-14(16-3)13(9-11)10-15-8-7-12(2)17-4/h5-6,9,12,15H,7-8,10H2,1-4H3. The van der Waals surface area contributed by atoms with E-state index in [0.29, 0.717) is 0 Å². The maximum Gasteiger partial charge on any atom is 0.123 e. The van der Waals surface area contributed by atoms with Gasteiger partial charge >= 0.3 is 0 Å². The van der Waals surface area contributed by atoms with Gasteiger partial charge in [0.25, 0.3) is 0 Å². The Morgan fingerprint density at radius 2 is 2.18 bits per heavy atom. The number of hydrogen-bond acceptors (Lipinski definition) is 3. The summed E-state index contributed by atoms with van der Waals surface area (Å²) in [5.41, 5.74) is 2.52. The van der Waals surface area contributed by atoms with Crippen LogP contribution < -0.4 is 10.1 Å². The summed E-state index contributed by atoms with van der Waals surface area (Å²) >= 11 is 1.92. The van der Waals surface area contributed by atoms with E-state index in [9.17, 15) is 0 Å². The van der Waals surface area contributed by atoms with Gasteiger partial charge in [-0.2, -0.15) is 11.8 Å². The van der Waals surface area contributed by atoms with Crippen molar-refractivity contribution in [3.8, 4) is 5.75 Å². The van der Waals surface area contributed by atoms with E-state index in [0.717, 1.165) is 24.1 Å². The average molecular weight is 253 g/mol. The molecule has 0 radical (unpaired) electrons. The Morgan fingerprint density at radius 3 is 2.82 bits per heavy atom. The smallest absolute Gasteiger partial charge is 0.123 e. The predicted molar refractivity (Wildman–Crippen MR) is 77.0 cm³/mol. The van der Waals surface area contributed by atoms with Gasteiger partial charge in [-0.15, -0.1) is 0 Å². The largest absolute Gasteiger partial charge is 0.496 e. The molecule has 0 saturated heterocycles. The minimum absolute atomic E-state index is 0.724. The SMILES string of the molecule is COc1ccc(C)cc1CNCCC(C)SC.